The van der Waals surface area contributed by atoms with Crippen molar-refractivity contribution in [3.8, 4) is 5.75 Å². The zero-order valence-electron chi connectivity index (χ0n) is 11.7. The van der Waals surface area contributed by atoms with Crippen LogP contribution in [0.15, 0.2) is 30.5 Å². The summed E-state index contributed by atoms with van der Waals surface area (Å²) in [5.41, 5.74) is 2.88. The van der Waals surface area contributed by atoms with Crippen LogP contribution in [0.3, 0.4) is 0 Å². The first kappa shape index (κ1) is 13.6. The summed E-state index contributed by atoms with van der Waals surface area (Å²) in [6.45, 7) is 1.19. The first-order chi connectivity index (χ1) is 10.2. The number of nitrogens with zero attached hydrogens (tertiary/aromatic N) is 2. The number of nitrogens with one attached hydrogen (secondary N) is 1. The maximum atomic E-state index is 12.7. The summed E-state index contributed by atoms with van der Waals surface area (Å²) in [7, 11) is 1.52. The molecule has 1 atom stereocenters. The van der Waals surface area contributed by atoms with Gasteiger partial charge in [0.05, 0.1) is 6.20 Å². The highest BCUT2D eigenvalue weighted by Gasteiger charge is 2.29. The van der Waals surface area contributed by atoms with Crippen LogP contribution in [0.5, 0.6) is 5.75 Å². The first-order valence-electron chi connectivity index (χ1n) is 6.80. The molecule has 0 bridgehead atoms. The summed E-state index contributed by atoms with van der Waals surface area (Å²) in [6.07, 6.45) is 1.88. The fourth-order valence-electron chi connectivity index (χ4n) is 2.60. The van der Waals surface area contributed by atoms with Gasteiger partial charge in [0, 0.05) is 37.9 Å². The predicted molar refractivity (Wildman–Crippen MR) is 75.6 cm³/mol. The zero-order valence-corrected chi connectivity index (χ0v) is 11.7. The minimum absolute atomic E-state index is 0.0740. The highest BCUT2D eigenvalue weighted by atomic mass is 16.5. The van der Waals surface area contributed by atoms with Crippen molar-refractivity contribution < 1.29 is 14.6 Å². The molecule has 0 radical (unpaired) electrons. The van der Waals surface area contributed by atoms with Gasteiger partial charge in [-0.2, -0.15) is 5.10 Å². The molecule has 1 aromatic carbocycles. The molecule has 1 aliphatic rings. The van der Waals surface area contributed by atoms with E-state index in [4.69, 9.17) is 4.74 Å². The van der Waals surface area contributed by atoms with E-state index in [1.807, 2.05) is 0 Å². The van der Waals surface area contributed by atoms with Crippen LogP contribution in [0, 0.1) is 0 Å². The molecule has 0 saturated heterocycles. The van der Waals surface area contributed by atoms with Gasteiger partial charge in [-0.1, -0.05) is 12.1 Å². The van der Waals surface area contributed by atoms with Gasteiger partial charge in [-0.05, 0) is 17.7 Å². The number of fused-ring (bicyclic) bond motifs is 1. The number of phenols is 1. The number of aromatic nitrogens is 2. The molecular weight excluding hydrogens is 270 g/mol. The molecule has 6 nitrogen and oxygen atoms in total. The summed E-state index contributed by atoms with van der Waals surface area (Å²) in [5, 5.41) is 16.3. The van der Waals surface area contributed by atoms with Crippen LogP contribution < -0.4 is 0 Å². The van der Waals surface area contributed by atoms with Crippen LogP contribution in [-0.2, 0) is 22.5 Å². The van der Waals surface area contributed by atoms with Crippen molar-refractivity contribution in [2.45, 2.75) is 19.1 Å². The van der Waals surface area contributed by atoms with Gasteiger partial charge in [0.2, 0.25) is 0 Å². The number of H-pyrrole nitrogens is 1. The molecule has 0 fully saturated rings. The van der Waals surface area contributed by atoms with Crippen LogP contribution >= 0.6 is 0 Å². The number of rotatable bonds is 3. The van der Waals surface area contributed by atoms with Crippen molar-refractivity contribution in [3.63, 3.8) is 0 Å². The number of methoxy groups -OCH3 is 1. The minimum atomic E-state index is -0.654. The van der Waals surface area contributed by atoms with E-state index >= 15 is 0 Å². The number of hydrogen-bond acceptors (Lipinski definition) is 4. The summed E-state index contributed by atoms with van der Waals surface area (Å²) >= 11 is 0. The third-order valence-electron chi connectivity index (χ3n) is 3.77. The Morgan fingerprint density at radius 3 is 2.90 bits per heavy atom. The van der Waals surface area contributed by atoms with E-state index in [0.717, 1.165) is 23.2 Å². The Balaban J connectivity index is 1.78. The Kier molecular flexibility index (Phi) is 3.62. The van der Waals surface area contributed by atoms with Crippen LogP contribution in [0.2, 0.25) is 0 Å². The molecule has 0 spiro atoms. The SMILES string of the molecule is COC(C(=O)N1CCc2[nH]ncc2C1)c1ccc(O)cc1. The summed E-state index contributed by atoms with van der Waals surface area (Å²) in [4.78, 5) is 14.4. The first-order valence-corrected chi connectivity index (χ1v) is 6.80. The van der Waals surface area contributed by atoms with E-state index in [-0.39, 0.29) is 11.7 Å². The van der Waals surface area contributed by atoms with Crippen molar-refractivity contribution in [3.05, 3.63) is 47.3 Å². The molecule has 1 aliphatic heterocycles. The average molecular weight is 287 g/mol. The van der Waals surface area contributed by atoms with Crippen LogP contribution in [-0.4, -0.2) is 39.8 Å². The Morgan fingerprint density at radius 1 is 1.43 bits per heavy atom. The number of benzene rings is 1. The van der Waals surface area contributed by atoms with Crippen LogP contribution in [0.1, 0.15) is 22.9 Å². The number of ether oxygens (including phenoxy) is 1. The molecule has 3 rings (SSSR count). The molecule has 6 heteroatoms. The van der Waals surface area contributed by atoms with Gasteiger partial charge in [-0.15, -0.1) is 0 Å². The molecule has 2 N–H and O–H groups in total. The quantitative estimate of drug-likeness (QED) is 0.894. The molecular formula is C15H17N3O3. The minimum Gasteiger partial charge on any atom is -0.508 e. The van der Waals surface area contributed by atoms with Crippen molar-refractivity contribution >= 4 is 5.91 Å². The average Bonchev–Trinajstić information content (AvgIpc) is 2.97. The molecule has 2 heterocycles. The van der Waals surface area contributed by atoms with E-state index in [2.05, 4.69) is 10.2 Å². The van der Waals surface area contributed by atoms with E-state index in [9.17, 15) is 9.90 Å². The Morgan fingerprint density at radius 2 is 2.19 bits per heavy atom. The van der Waals surface area contributed by atoms with Gasteiger partial charge < -0.3 is 14.7 Å². The van der Waals surface area contributed by atoms with Crippen LogP contribution in [0.25, 0.3) is 0 Å². The van der Waals surface area contributed by atoms with E-state index < -0.39 is 6.10 Å². The predicted octanol–water partition coefficient (Wildman–Crippen LogP) is 1.39. The molecule has 1 unspecified atom stereocenters. The summed E-state index contributed by atoms with van der Waals surface area (Å²) < 4.78 is 5.36. The second kappa shape index (κ2) is 5.57. The standard InChI is InChI=1S/C15H17N3O3/c1-21-14(10-2-4-12(19)5-3-10)15(20)18-7-6-13-11(9-18)8-16-17-13/h2-5,8,14,19H,6-7,9H2,1H3,(H,16,17). The maximum absolute atomic E-state index is 12.7. The lowest BCUT2D eigenvalue weighted by molar-refractivity contribution is -0.143. The fourth-order valence-corrected chi connectivity index (χ4v) is 2.60. The third-order valence-corrected chi connectivity index (χ3v) is 3.77. The van der Waals surface area contributed by atoms with Gasteiger partial charge in [0.15, 0.2) is 6.10 Å². The van der Waals surface area contributed by atoms with Crippen LogP contribution in [0.4, 0.5) is 0 Å². The van der Waals surface area contributed by atoms with Gasteiger partial charge in [-0.3, -0.25) is 9.89 Å². The number of aromatic amines is 1. The lowest BCUT2D eigenvalue weighted by Gasteiger charge is -2.29. The smallest absolute Gasteiger partial charge is 0.256 e. The zero-order chi connectivity index (χ0) is 14.8. The van der Waals surface area contributed by atoms with Gasteiger partial charge >= 0.3 is 0 Å². The molecule has 2 aromatic rings. The Bertz CT molecular complexity index is 636. The maximum Gasteiger partial charge on any atom is 0.256 e. The van der Waals surface area contributed by atoms with E-state index in [1.54, 1.807) is 35.4 Å². The van der Waals surface area contributed by atoms with Crippen molar-refractivity contribution in [2.24, 2.45) is 0 Å². The number of hydrogen-bond donors (Lipinski definition) is 2. The largest absolute Gasteiger partial charge is 0.508 e. The Labute approximate surface area is 122 Å². The van der Waals surface area contributed by atoms with E-state index in [0.29, 0.717) is 13.1 Å². The van der Waals surface area contributed by atoms with Crippen molar-refractivity contribution in [1.29, 1.82) is 0 Å². The highest BCUT2D eigenvalue weighted by Crippen LogP contribution is 2.25. The number of phenolic OH excluding ortho intramolecular Hbond substituents is 1. The fraction of sp³-hybridized carbons (Fsp3) is 0.333. The topological polar surface area (TPSA) is 78.5 Å². The highest BCUT2D eigenvalue weighted by molar-refractivity contribution is 5.82. The number of carbonyl (C=O) groups is 1. The molecule has 1 aromatic heterocycles. The van der Waals surface area contributed by atoms with Gasteiger partial charge in [0.25, 0.3) is 5.91 Å². The lowest BCUT2D eigenvalue weighted by Crippen LogP contribution is -2.39. The Hall–Kier alpha value is -2.34. The summed E-state index contributed by atoms with van der Waals surface area (Å²) in [5.74, 6) is 0.0945. The monoisotopic (exact) mass is 287 g/mol. The molecule has 110 valence electrons. The number of carbonyl (C=O) groups excluding carboxylic acids is 1. The number of aromatic hydroxyl groups is 1. The van der Waals surface area contributed by atoms with Gasteiger partial charge in [-0.25, -0.2) is 0 Å². The van der Waals surface area contributed by atoms with Crippen molar-refractivity contribution in [1.82, 2.24) is 15.1 Å². The molecule has 0 aliphatic carbocycles. The van der Waals surface area contributed by atoms with Gasteiger partial charge in [0.1, 0.15) is 5.75 Å². The molecule has 21 heavy (non-hydrogen) atoms. The molecule has 0 saturated carbocycles. The number of amides is 1. The van der Waals surface area contributed by atoms with E-state index in [1.165, 1.54) is 7.11 Å². The third kappa shape index (κ3) is 2.62. The second-order valence-electron chi connectivity index (χ2n) is 5.09. The summed E-state index contributed by atoms with van der Waals surface area (Å²) in [6, 6.07) is 6.52. The lowest BCUT2D eigenvalue weighted by atomic mass is 10.0. The van der Waals surface area contributed by atoms with Crippen molar-refractivity contribution in [2.75, 3.05) is 13.7 Å². The second-order valence-corrected chi connectivity index (χ2v) is 5.09. The normalized spacial score (nSPS) is 15.6. The molecule has 1 amide bonds.